The van der Waals surface area contributed by atoms with E-state index >= 15 is 0 Å². The molecule has 1 N–H and O–H groups in total. The number of aliphatic hydroxyl groups excluding tert-OH is 1. The van der Waals surface area contributed by atoms with Crippen LogP contribution in [-0.4, -0.2) is 32.7 Å². The molecular formula is C25H32N4O. The van der Waals surface area contributed by atoms with Gasteiger partial charge in [0.15, 0.2) is 5.82 Å². The lowest BCUT2D eigenvalue weighted by atomic mass is 9.71. The third-order valence-corrected chi connectivity index (χ3v) is 7.85. The molecule has 0 bridgehead atoms. The van der Waals surface area contributed by atoms with Crippen LogP contribution in [0.1, 0.15) is 50.4 Å². The summed E-state index contributed by atoms with van der Waals surface area (Å²) in [6.07, 6.45) is 8.66. The molecule has 1 saturated carbocycles. The first-order valence-corrected chi connectivity index (χ1v) is 11.3. The summed E-state index contributed by atoms with van der Waals surface area (Å²) in [5, 5.41) is 11.3. The second-order valence-corrected chi connectivity index (χ2v) is 9.43. The van der Waals surface area contributed by atoms with Gasteiger partial charge in [0.25, 0.3) is 0 Å². The highest BCUT2D eigenvalue weighted by Crippen LogP contribution is 2.50. The minimum atomic E-state index is -0.0833. The zero-order valence-electron chi connectivity index (χ0n) is 18.4. The molecule has 2 aromatic heterocycles. The Hall–Kier alpha value is -2.40. The third kappa shape index (κ3) is 3.11. The van der Waals surface area contributed by atoms with Crippen molar-refractivity contribution < 1.29 is 5.11 Å². The predicted octanol–water partition coefficient (Wildman–Crippen LogP) is 4.84. The molecule has 0 radical (unpaired) electrons. The Kier molecular flexibility index (Phi) is 4.81. The van der Waals surface area contributed by atoms with Crippen LogP contribution in [0.2, 0.25) is 0 Å². The molecule has 5 heteroatoms. The van der Waals surface area contributed by atoms with E-state index in [9.17, 15) is 5.11 Å². The molecule has 1 aromatic carbocycles. The number of nitrogens with zero attached hydrogens (tertiary/aromatic N) is 4. The molecule has 1 atom stereocenters. The maximum Gasteiger partial charge on any atom is 0.153 e. The second kappa shape index (κ2) is 7.38. The lowest BCUT2D eigenvalue weighted by molar-refractivity contribution is 0.161. The zero-order valence-corrected chi connectivity index (χ0v) is 18.4. The first-order valence-electron chi connectivity index (χ1n) is 11.3. The maximum absolute atomic E-state index is 10.1. The fourth-order valence-electron chi connectivity index (χ4n) is 5.80. The molecule has 158 valence electrons. The molecule has 2 fully saturated rings. The molecule has 30 heavy (non-hydrogen) atoms. The SMILES string of the molecule is Cc1nc(N2CCC3(CCC[C@H]3C)CC2)c(CO)nc1-c1ccc2ccn(C)c2c1. The van der Waals surface area contributed by atoms with Crippen LogP contribution in [0.4, 0.5) is 5.82 Å². The van der Waals surface area contributed by atoms with Gasteiger partial charge in [0.1, 0.15) is 5.69 Å². The Morgan fingerprint density at radius 2 is 1.93 bits per heavy atom. The summed E-state index contributed by atoms with van der Waals surface area (Å²) in [7, 11) is 2.06. The molecule has 0 unspecified atom stereocenters. The van der Waals surface area contributed by atoms with Crippen LogP contribution in [0.5, 0.6) is 0 Å². The highest BCUT2D eigenvalue weighted by Gasteiger charge is 2.42. The van der Waals surface area contributed by atoms with Gasteiger partial charge in [-0.15, -0.1) is 0 Å². The van der Waals surface area contributed by atoms with Crippen LogP contribution < -0.4 is 4.90 Å². The number of aryl methyl sites for hydroxylation is 2. The van der Waals surface area contributed by atoms with Gasteiger partial charge in [-0.25, -0.2) is 9.97 Å². The predicted molar refractivity (Wildman–Crippen MR) is 121 cm³/mol. The number of hydrogen-bond donors (Lipinski definition) is 1. The van der Waals surface area contributed by atoms with Gasteiger partial charge in [-0.05, 0) is 55.0 Å². The fourth-order valence-corrected chi connectivity index (χ4v) is 5.80. The zero-order chi connectivity index (χ0) is 20.9. The molecule has 5 nitrogen and oxygen atoms in total. The summed E-state index contributed by atoms with van der Waals surface area (Å²) in [4.78, 5) is 12.2. The number of benzene rings is 1. The average Bonchev–Trinajstić information content (AvgIpc) is 3.31. The van der Waals surface area contributed by atoms with Crippen molar-refractivity contribution in [3.05, 3.63) is 41.9 Å². The number of piperidine rings is 1. The third-order valence-electron chi connectivity index (χ3n) is 7.85. The molecular weight excluding hydrogens is 372 g/mol. The van der Waals surface area contributed by atoms with Crippen molar-refractivity contribution in [3.8, 4) is 11.3 Å². The summed E-state index contributed by atoms with van der Waals surface area (Å²) in [5.74, 6) is 1.71. The van der Waals surface area contributed by atoms with Crippen LogP contribution in [0.15, 0.2) is 30.5 Å². The van der Waals surface area contributed by atoms with Crippen LogP contribution in [0, 0.1) is 18.3 Å². The maximum atomic E-state index is 10.1. The van der Waals surface area contributed by atoms with Crippen molar-refractivity contribution in [1.82, 2.24) is 14.5 Å². The van der Waals surface area contributed by atoms with Gasteiger partial charge < -0.3 is 14.6 Å². The van der Waals surface area contributed by atoms with Crippen molar-refractivity contribution in [2.24, 2.45) is 18.4 Å². The first-order chi connectivity index (χ1) is 14.5. The highest BCUT2D eigenvalue weighted by atomic mass is 16.3. The Labute approximate surface area is 178 Å². The molecule has 1 saturated heterocycles. The average molecular weight is 405 g/mol. The van der Waals surface area contributed by atoms with E-state index in [1.165, 1.54) is 43.0 Å². The van der Waals surface area contributed by atoms with Crippen molar-refractivity contribution in [1.29, 1.82) is 0 Å². The summed E-state index contributed by atoms with van der Waals surface area (Å²) >= 11 is 0. The van der Waals surface area contributed by atoms with Crippen molar-refractivity contribution in [2.75, 3.05) is 18.0 Å². The minimum absolute atomic E-state index is 0.0833. The molecule has 3 aromatic rings. The van der Waals surface area contributed by atoms with Gasteiger partial charge in [-0.1, -0.05) is 31.9 Å². The Bertz CT molecular complexity index is 1080. The van der Waals surface area contributed by atoms with Gasteiger partial charge in [0.05, 0.1) is 18.0 Å². The van der Waals surface area contributed by atoms with Crippen LogP contribution in [-0.2, 0) is 13.7 Å². The van der Waals surface area contributed by atoms with E-state index in [1.807, 2.05) is 6.92 Å². The molecule has 1 aliphatic carbocycles. The number of aliphatic hydroxyl groups is 1. The first kappa shape index (κ1) is 19.6. The van der Waals surface area contributed by atoms with Crippen molar-refractivity contribution in [3.63, 3.8) is 0 Å². The topological polar surface area (TPSA) is 54.2 Å². The summed E-state index contributed by atoms with van der Waals surface area (Å²) in [5.41, 5.74) is 5.23. The van der Waals surface area contributed by atoms with E-state index in [2.05, 4.69) is 53.9 Å². The smallest absolute Gasteiger partial charge is 0.153 e. The van der Waals surface area contributed by atoms with Gasteiger partial charge in [-0.2, -0.15) is 0 Å². The number of anilines is 1. The molecule has 0 amide bonds. The number of aromatic nitrogens is 3. The minimum Gasteiger partial charge on any atom is -0.390 e. The van der Waals surface area contributed by atoms with Gasteiger partial charge >= 0.3 is 0 Å². The van der Waals surface area contributed by atoms with E-state index in [0.717, 1.165) is 41.8 Å². The Balaban J connectivity index is 1.46. The molecule has 2 aliphatic rings. The number of rotatable bonds is 3. The molecule has 1 spiro atoms. The van der Waals surface area contributed by atoms with E-state index in [4.69, 9.17) is 9.97 Å². The van der Waals surface area contributed by atoms with Gasteiger partial charge in [-0.3, -0.25) is 0 Å². The highest BCUT2D eigenvalue weighted by molar-refractivity contribution is 5.85. The van der Waals surface area contributed by atoms with E-state index in [0.29, 0.717) is 11.1 Å². The molecule has 3 heterocycles. The van der Waals surface area contributed by atoms with Crippen molar-refractivity contribution in [2.45, 2.75) is 52.6 Å². The standard InChI is InChI=1S/C25H32N4O/c1-17-5-4-9-25(17)10-13-29(14-11-25)24-21(16-30)27-23(18(2)26-24)20-7-6-19-8-12-28(3)22(19)15-20/h6-8,12,15,17,30H,4-5,9-11,13-14,16H2,1-3H3/t17-/m1/s1. The molecule has 5 rings (SSSR count). The van der Waals surface area contributed by atoms with E-state index < -0.39 is 0 Å². The van der Waals surface area contributed by atoms with Crippen LogP contribution in [0.25, 0.3) is 22.2 Å². The Morgan fingerprint density at radius 1 is 1.13 bits per heavy atom. The number of fused-ring (bicyclic) bond motifs is 1. The quantitative estimate of drug-likeness (QED) is 0.678. The largest absolute Gasteiger partial charge is 0.390 e. The van der Waals surface area contributed by atoms with Gasteiger partial charge in [0.2, 0.25) is 0 Å². The number of hydrogen-bond acceptors (Lipinski definition) is 4. The lowest BCUT2D eigenvalue weighted by Gasteiger charge is -2.43. The van der Waals surface area contributed by atoms with E-state index in [-0.39, 0.29) is 6.61 Å². The summed E-state index contributed by atoms with van der Waals surface area (Å²) in [6.45, 7) is 6.41. The molecule has 1 aliphatic heterocycles. The van der Waals surface area contributed by atoms with Crippen LogP contribution in [0.3, 0.4) is 0 Å². The van der Waals surface area contributed by atoms with Crippen LogP contribution >= 0.6 is 0 Å². The normalized spacial score (nSPS) is 21.1. The summed E-state index contributed by atoms with van der Waals surface area (Å²) < 4.78 is 2.12. The monoisotopic (exact) mass is 404 g/mol. The van der Waals surface area contributed by atoms with Gasteiger partial charge in [0, 0.05) is 37.4 Å². The fraction of sp³-hybridized carbons (Fsp3) is 0.520. The van der Waals surface area contributed by atoms with E-state index in [1.54, 1.807) is 0 Å². The second-order valence-electron chi connectivity index (χ2n) is 9.43. The summed E-state index contributed by atoms with van der Waals surface area (Å²) in [6, 6.07) is 8.52. The Morgan fingerprint density at radius 3 is 2.63 bits per heavy atom. The lowest BCUT2D eigenvalue weighted by Crippen LogP contribution is -2.42. The van der Waals surface area contributed by atoms with Crippen molar-refractivity contribution >= 4 is 16.7 Å².